The summed E-state index contributed by atoms with van der Waals surface area (Å²) < 4.78 is 0. The lowest BCUT2D eigenvalue weighted by Gasteiger charge is -2.10. The van der Waals surface area contributed by atoms with E-state index in [0.29, 0.717) is 12.5 Å². The Hall–Kier alpha value is -3.25. The summed E-state index contributed by atoms with van der Waals surface area (Å²) in [5.74, 6) is 0.353. The second-order valence-corrected chi connectivity index (χ2v) is 8.04. The number of nitrogens with one attached hydrogen (secondary N) is 1. The van der Waals surface area contributed by atoms with Gasteiger partial charge < -0.3 is 10.4 Å². The lowest BCUT2D eigenvalue weighted by molar-refractivity contribution is 0.0697. The van der Waals surface area contributed by atoms with Gasteiger partial charge in [-0.15, -0.1) is 11.3 Å². The van der Waals surface area contributed by atoms with Gasteiger partial charge in [0.05, 0.1) is 10.9 Å². The van der Waals surface area contributed by atoms with Gasteiger partial charge in [0.25, 0.3) is 0 Å². The van der Waals surface area contributed by atoms with Crippen molar-refractivity contribution in [2.24, 2.45) is 0 Å². The number of thiophene rings is 1. The molecule has 0 fully saturated rings. The zero-order valence-electron chi connectivity index (χ0n) is 16.2. The lowest BCUT2D eigenvalue weighted by atomic mass is 9.99. The second-order valence-electron chi connectivity index (χ2n) is 7.18. The minimum absolute atomic E-state index is 0.281. The van der Waals surface area contributed by atoms with Crippen LogP contribution in [0.3, 0.4) is 0 Å². The SMILES string of the molecule is CC(C)c1ccc(-c2csc3ncnc(NCc4ccc(C(=O)O)cc4)c23)cc1. The summed E-state index contributed by atoms with van der Waals surface area (Å²) in [5, 5.41) is 15.6. The fourth-order valence-electron chi connectivity index (χ4n) is 3.22. The molecule has 2 heterocycles. The summed E-state index contributed by atoms with van der Waals surface area (Å²) in [7, 11) is 0. The molecule has 4 aromatic rings. The van der Waals surface area contributed by atoms with Crippen LogP contribution in [-0.4, -0.2) is 21.0 Å². The Morgan fingerprint density at radius 1 is 1.07 bits per heavy atom. The number of aromatic nitrogens is 2. The smallest absolute Gasteiger partial charge is 0.335 e. The van der Waals surface area contributed by atoms with Crippen LogP contribution in [0.5, 0.6) is 0 Å². The maximum absolute atomic E-state index is 11.0. The summed E-state index contributed by atoms with van der Waals surface area (Å²) in [6.07, 6.45) is 1.57. The Morgan fingerprint density at radius 2 is 1.79 bits per heavy atom. The summed E-state index contributed by atoms with van der Waals surface area (Å²) in [5.41, 5.74) is 4.84. The topological polar surface area (TPSA) is 75.1 Å². The highest BCUT2D eigenvalue weighted by Gasteiger charge is 2.13. The van der Waals surface area contributed by atoms with Crippen molar-refractivity contribution in [2.45, 2.75) is 26.3 Å². The number of nitrogens with zero attached hydrogens (tertiary/aromatic N) is 2. The number of benzene rings is 2. The number of fused-ring (bicyclic) bond motifs is 1. The Morgan fingerprint density at radius 3 is 2.45 bits per heavy atom. The first-order chi connectivity index (χ1) is 14.0. The normalized spacial score (nSPS) is 11.1. The van der Waals surface area contributed by atoms with Gasteiger partial charge in [-0.25, -0.2) is 14.8 Å². The van der Waals surface area contributed by atoms with Crippen molar-refractivity contribution in [3.8, 4) is 11.1 Å². The van der Waals surface area contributed by atoms with Gasteiger partial charge >= 0.3 is 5.97 Å². The summed E-state index contributed by atoms with van der Waals surface area (Å²) in [4.78, 5) is 20.8. The van der Waals surface area contributed by atoms with E-state index in [9.17, 15) is 4.79 Å². The zero-order valence-corrected chi connectivity index (χ0v) is 17.0. The molecule has 0 spiro atoms. The largest absolute Gasteiger partial charge is 0.478 e. The predicted molar refractivity (Wildman–Crippen MR) is 118 cm³/mol. The molecule has 5 nitrogen and oxygen atoms in total. The van der Waals surface area contributed by atoms with E-state index in [1.807, 2.05) is 12.1 Å². The number of hydrogen-bond donors (Lipinski definition) is 2. The third-order valence-corrected chi connectivity index (χ3v) is 5.81. The van der Waals surface area contributed by atoms with Gasteiger partial charge in [0.15, 0.2) is 0 Å². The van der Waals surface area contributed by atoms with Gasteiger partial charge in [-0.1, -0.05) is 50.2 Å². The predicted octanol–water partition coefficient (Wildman–Crippen LogP) is 5.79. The Balaban J connectivity index is 1.63. The monoisotopic (exact) mass is 403 g/mol. The summed E-state index contributed by atoms with van der Waals surface area (Å²) in [6, 6.07) is 15.5. The van der Waals surface area contributed by atoms with Crippen LogP contribution in [0.15, 0.2) is 60.2 Å². The molecule has 146 valence electrons. The maximum Gasteiger partial charge on any atom is 0.335 e. The average molecular weight is 404 g/mol. The van der Waals surface area contributed by atoms with Gasteiger partial charge in [0.2, 0.25) is 0 Å². The minimum Gasteiger partial charge on any atom is -0.478 e. The number of rotatable bonds is 6. The summed E-state index contributed by atoms with van der Waals surface area (Å²) in [6.45, 7) is 4.93. The van der Waals surface area contributed by atoms with Crippen molar-refractivity contribution in [3.05, 3.63) is 76.9 Å². The molecule has 0 aliphatic carbocycles. The molecule has 0 aliphatic rings. The fourth-order valence-corrected chi connectivity index (χ4v) is 4.14. The molecular weight excluding hydrogens is 382 g/mol. The van der Waals surface area contributed by atoms with Crippen LogP contribution in [0.25, 0.3) is 21.3 Å². The molecule has 0 atom stereocenters. The molecule has 2 N–H and O–H groups in total. The first-order valence-electron chi connectivity index (χ1n) is 9.41. The number of aromatic carboxylic acids is 1. The third kappa shape index (κ3) is 3.98. The first-order valence-corrected chi connectivity index (χ1v) is 10.3. The van der Waals surface area contributed by atoms with Crippen LogP contribution in [0.4, 0.5) is 5.82 Å². The van der Waals surface area contributed by atoms with Gasteiger partial charge in [-0.2, -0.15) is 0 Å². The van der Waals surface area contributed by atoms with Crippen molar-refractivity contribution in [1.82, 2.24) is 9.97 Å². The van der Waals surface area contributed by atoms with Crippen molar-refractivity contribution < 1.29 is 9.90 Å². The van der Waals surface area contributed by atoms with Gasteiger partial charge in [-0.05, 0) is 34.7 Å². The van der Waals surface area contributed by atoms with E-state index in [2.05, 4.69) is 58.8 Å². The molecular formula is C23H21N3O2S. The molecule has 6 heteroatoms. The van der Waals surface area contributed by atoms with E-state index in [4.69, 9.17) is 5.11 Å². The summed E-state index contributed by atoms with van der Waals surface area (Å²) >= 11 is 1.60. The van der Waals surface area contributed by atoms with Crippen LogP contribution in [-0.2, 0) is 6.54 Å². The number of hydrogen-bond acceptors (Lipinski definition) is 5. The van der Waals surface area contributed by atoms with Crippen LogP contribution in [0.1, 0.15) is 41.3 Å². The molecule has 0 radical (unpaired) electrons. The van der Waals surface area contributed by atoms with E-state index in [1.54, 1.807) is 29.8 Å². The molecule has 29 heavy (non-hydrogen) atoms. The molecule has 4 rings (SSSR count). The number of carboxylic acid groups (broad SMARTS) is 1. The molecule has 0 amide bonds. The quantitative estimate of drug-likeness (QED) is 0.426. The van der Waals surface area contributed by atoms with Gasteiger partial charge in [-0.3, -0.25) is 0 Å². The Labute approximate surface area is 173 Å². The number of carboxylic acids is 1. The van der Waals surface area contributed by atoms with E-state index in [-0.39, 0.29) is 5.56 Å². The Kier molecular flexibility index (Phi) is 5.27. The van der Waals surface area contributed by atoms with Crippen LogP contribution >= 0.6 is 11.3 Å². The standard InChI is InChI=1S/C23H21N3O2S/c1-14(2)16-7-9-17(10-8-16)19-12-29-22-20(19)21(25-13-26-22)24-11-15-3-5-18(6-4-15)23(27)28/h3-10,12-14H,11H2,1-2H3,(H,27,28)(H,24,25,26). The highest BCUT2D eigenvalue weighted by atomic mass is 32.1. The van der Waals surface area contributed by atoms with Gasteiger partial charge in [0.1, 0.15) is 17.0 Å². The average Bonchev–Trinajstić information content (AvgIpc) is 3.17. The molecule has 0 saturated heterocycles. The minimum atomic E-state index is -0.923. The van der Waals surface area contributed by atoms with Crippen molar-refractivity contribution in [2.75, 3.05) is 5.32 Å². The molecule has 2 aromatic carbocycles. The van der Waals surface area contributed by atoms with Crippen LogP contribution < -0.4 is 5.32 Å². The highest BCUT2D eigenvalue weighted by Crippen LogP contribution is 2.37. The van der Waals surface area contributed by atoms with Crippen LogP contribution in [0, 0.1) is 0 Å². The van der Waals surface area contributed by atoms with Gasteiger partial charge in [0, 0.05) is 17.5 Å². The number of anilines is 1. The maximum atomic E-state index is 11.0. The van der Waals surface area contributed by atoms with E-state index < -0.39 is 5.97 Å². The van der Waals surface area contributed by atoms with Crippen molar-refractivity contribution in [1.29, 1.82) is 0 Å². The second kappa shape index (κ2) is 8.01. The zero-order chi connectivity index (χ0) is 20.4. The van der Waals surface area contributed by atoms with E-state index in [1.165, 1.54) is 5.56 Å². The van der Waals surface area contributed by atoms with E-state index in [0.717, 1.165) is 32.7 Å². The first kappa shape index (κ1) is 19.1. The van der Waals surface area contributed by atoms with Crippen molar-refractivity contribution in [3.63, 3.8) is 0 Å². The molecule has 0 aliphatic heterocycles. The third-order valence-electron chi connectivity index (χ3n) is 4.92. The molecule has 2 aromatic heterocycles. The van der Waals surface area contributed by atoms with E-state index >= 15 is 0 Å². The molecule has 0 unspecified atom stereocenters. The highest BCUT2D eigenvalue weighted by molar-refractivity contribution is 7.17. The van der Waals surface area contributed by atoms with Crippen LogP contribution in [0.2, 0.25) is 0 Å². The number of carbonyl (C=O) groups is 1. The fraction of sp³-hybridized carbons (Fsp3) is 0.174. The Bertz CT molecular complexity index is 1150. The van der Waals surface area contributed by atoms with Crippen molar-refractivity contribution >= 4 is 33.3 Å². The lowest BCUT2D eigenvalue weighted by Crippen LogP contribution is -2.03. The molecule has 0 saturated carbocycles. The molecule has 0 bridgehead atoms.